The van der Waals surface area contributed by atoms with Crippen LogP contribution >= 0.6 is 0 Å². The van der Waals surface area contributed by atoms with Crippen LogP contribution in [0, 0.1) is 23.3 Å². The SMILES string of the molecule is CN(C)CCCNc1c(F)c(F)cc(F)c1F. The van der Waals surface area contributed by atoms with Crippen LogP contribution in [0.2, 0.25) is 0 Å². The van der Waals surface area contributed by atoms with Crippen LogP contribution in [0.5, 0.6) is 0 Å². The Morgan fingerprint density at radius 1 is 1.06 bits per heavy atom. The van der Waals surface area contributed by atoms with Gasteiger partial charge in [-0.25, -0.2) is 17.6 Å². The molecule has 2 nitrogen and oxygen atoms in total. The lowest BCUT2D eigenvalue weighted by Gasteiger charge is -2.12. The number of benzene rings is 1. The number of nitrogens with zero attached hydrogens (tertiary/aromatic N) is 1. The number of halogens is 4. The number of nitrogens with one attached hydrogen (secondary N) is 1. The van der Waals surface area contributed by atoms with E-state index in [-0.39, 0.29) is 12.6 Å². The second-order valence-corrected chi connectivity index (χ2v) is 3.93. The zero-order chi connectivity index (χ0) is 13.0. The molecule has 0 aliphatic carbocycles. The first kappa shape index (κ1) is 13.8. The van der Waals surface area contributed by atoms with Crippen LogP contribution in [0.3, 0.4) is 0 Å². The lowest BCUT2D eigenvalue weighted by Crippen LogP contribution is -2.17. The average Bonchev–Trinajstić information content (AvgIpc) is 2.25. The van der Waals surface area contributed by atoms with Crippen molar-refractivity contribution >= 4 is 5.69 Å². The molecule has 17 heavy (non-hydrogen) atoms. The molecule has 1 rings (SSSR count). The Morgan fingerprint density at radius 3 is 2.06 bits per heavy atom. The summed E-state index contributed by atoms with van der Waals surface area (Å²) < 4.78 is 52.0. The monoisotopic (exact) mass is 250 g/mol. The van der Waals surface area contributed by atoms with Crippen LogP contribution in [-0.2, 0) is 0 Å². The third kappa shape index (κ3) is 3.59. The molecule has 0 aliphatic heterocycles. The van der Waals surface area contributed by atoms with Gasteiger partial charge >= 0.3 is 0 Å². The summed E-state index contributed by atoms with van der Waals surface area (Å²) in [5.74, 6) is -5.60. The zero-order valence-corrected chi connectivity index (χ0v) is 9.66. The maximum atomic E-state index is 13.2. The minimum atomic E-state index is -1.40. The summed E-state index contributed by atoms with van der Waals surface area (Å²) in [5, 5.41) is 2.36. The van der Waals surface area contributed by atoms with Crippen molar-refractivity contribution in [2.24, 2.45) is 0 Å². The molecule has 0 heterocycles. The van der Waals surface area contributed by atoms with Gasteiger partial charge in [-0.1, -0.05) is 0 Å². The number of rotatable bonds is 5. The Balaban J connectivity index is 2.70. The highest BCUT2D eigenvalue weighted by Gasteiger charge is 2.18. The molecule has 0 spiro atoms. The normalized spacial score (nSPS) is 11.0. The largest absolute Gasteiger partial charge is 0.380 e. The summed E-state index contributed by atoms with van der Waals surface area (Å²) in [6.07, 6.45) is 0.601. The predicted molar refractivity (Wildman–Crippen MR) is 57.9 cm³/mol. The number of hydrogen-bond acceptors (Lipinski definition) is 2. The highest BCUT2D eigenvalue weighted by molar-refractivity contribution is 5.47. The Bertz CT molecular complexity index is 367. The molecule has 1 aromatic rings. The van der Waals surface area contributed by atoms with E-state index in [0.29, 0.717) is 13.0 Å². The van der Waals surface area contributed by atoms with Crippen molar-refractivity contribution in [3.63, 3.8) is 0 Å². The summed E-state index contributed by atoms with van der Waals surface area (Å²) in [4.78, 5) is 1.89. The summed E-state index contributed by atoms with van der Waals surface area (Å²) in [7, 11) is 3.70. The van der Waals surface area contributed by atoms with Crippen LogP contribution in [-0.4, -0.2) is 32.1 Å². The molecule has 0 radical (unpaired) electrons. The Labute approximate surface area is 97.2 Å². The maximum absolute atomic E-state index is 13.2. The molecule has 0 saturated carbocycles. The standard InChI is InChI=1S/C11H14F4N2/c1-17(2)5-3-4-16-11-9(14)7(12)6-8(13)10(11)15/h6,16H,3-5H2,1-2H3. The van der Waals surface area contributed by atoms with Gasteiger partial charge in [0.1, 0.15) is 5.69 Å². The second-order valence-electron chi connectivity index (χ2n) is 3.93. The van der Waals surface area contributed by atoms with Gasteiger partial charge in [0, 0.05) is 12.6 Å². The fourth-order valence-corrected chi connectivity index (χ4v) is 1.34. The van der Waals surface area contributed by atoms with E-state index >= 15 is 0 Å². The molecule has 1 N–H and O–H groups in total. The molecule has 0 unspecified atom stereocenters. The van der Waals surface area contributed by atoms with Crippen molar-refractivity contribution in [1.29, 1.82) is 0 Å². The Hall–Kier alpha value is -1.30. The highest BCUT2D eigenvalue weighted by Crippen LogP contribution is 2.23. The minimum absolute atomic E-state index is 0.190. The summed E-state index contributed by atoms with van der Waals surface area (Å²) in [5.41, 5.74) is -0.749. The molecule has 6 heteroatoms. The molecule has 1 aromatic carbocycles. The molecule has 0 bridgehead atoms. The topological polar surface area (TPSA) is 15.3 Å². The fourth-order valence-electron chi connectivity index (χ4n) is 1.34. The molecule has 96 valence electrons. The van der Waals surface area contributed by atoms with Gasteiger partial charge in [-0.3, -0.25) is 0 Å². The first-order valence-corrected chi connectivity index (χ1v) is 5.15. The van der Waals surface area contributed by atoms with E-state index < -0.39 is 29.0 Å². The molecule has 0 fully saturated rings. The molecule has 0 aromatic heterocycles. The van der Waals surface area contributed by atoms with Crippen molar-refractivity contribution in [3.8, 4) is 0 Å². The molecule has 0 atom stereocenters. The molecule has 0 saturated heterocycles. The van der Waals surface area contributed by atoms with E-state index in [9.17, 15) is 17.6 Å². The third-order valence-electron chi connectivity index (χ3n) is 2.20. The van der Waals surface area contributed by atoms with Gasteiger partial charge in [0.05, 0.1) is 0 Å². The summed E-state index contributed by atoms with van der Waals surface area (Å²) >= 11 is 0. The molecular weight excluding hydrogens is 236 g/mol. The van der Waals surface area contributed by atoms with Gasteiger partial charge in [0.2, 0.25) is 0 Å². The van der Waals surface area contributed by atoms with E-state index in [1.54, 1.807) is 0 Å². The fraction of sp³-hybridized carbons (Fsp3) is 0.455. The van der Waals surface area contributed by atoms with E-state index in [1.165, 1.54) is 0 Å². The van der Waals surface area contributed by atoms with Crippen molar-refractivity contribution in [2.75, 3.05) is 32.5 Å². The highest BCUT2D eigenvalue weighted by atomic mass is 19.2. The third-order valence-corrected chi connectivity index (χ3v) is 2.20. The Kier molecular flexibility index (Phi) is 4.74. The van der Waals surface area contributed by atoms with Gasteiger partial charge in [-0.05, 0) is 27.1 Å². The van der Waals surface area contributed by atoms with Crippen LogP contribution < -0.4 is 5.32 Å². The molecule has 0 amide bonds. The van der Waals surface area contributed by atoms with Crippen molar-refractivity contribution in [1.82, 2.24) is 4.90 Å². The maximum Gasteiger partial charge on any atom is 0.185 e. The lowest BCUT2D eigenvalue weighted by atomic mass is 10.2. The van der Waals surface area contributed by atoms with Gasteiger partial charge < -0.3 is 10.2 Å². The van der Waals surface area contributed by atoms with Gasteiger partial charge in [0.15, 0.2) is 23.3 Å². The molecule has 0 aliphatic rings. The summed E-state index contributed by atoms with van der Waals surface area (Å²) in [6, 6.07) is 0.190. The lowest BCUT2D eigenvalue weighted by molar-refractivity contribution is 0.404. The van der Waals surface area contributed by atoms with E-state index in [4.69, 9.17) is 0 Å². The number of hydrogen-bond donors (Lipinski definition) is 1. The first-order chi connectivity index (χ1) is 7.93. The van der Waals surface area contributed by atoms with Gasteiger partial charge in [-0.2, -0.15) is 0 Å². The van der Waals surface area contributed by atoms with Crippen LogP contribution in [0.15, 0.2) is 6.07 Å². The van der Waals surface area contributed by atoms with Crippen molar-refractivity contribution in [3.05, 3.63) is 29.3 Å². The summed E-state index contributed by atoms with van der Waals surface area (Å²) in [6.45, 7) is 0.933. The van der Waals surface area contributed by atoms with Gasteiger partial charge in [0.25, 0.3) is 0 Å². The van der Waals surface area contributed by atoms with Gasteiger partial charge in [-0.15, -0.1) is 0 Å². The van der Waals surface area contributed by atoms with E-state index in [1.807, 2.05) is 19.0 Å². The van der Waals surface area contributed by atoms with Crippen molar-refractivity contribution < 1.29 is 17.6 Å². The van der Waals surface area contributed by atoms with E-state index in [0.717, 1.165) is 0 Å². The predicted octanol–water partition coefficient (Wildman–Crippen LogP) is 2.61. The van der Waals surface area contributed by atoms with Crippen LogP contribution in [0.4, 0.5) is 23.2 Å². The number of anilines is 1. The first-order valence-electron chi connectivity index (χ1n) is 5.15. The Morgan fingerprint density at radius 2 is 1.59 bits per heavy atom. The van der Waals surface area contributed by atoms with Crippen LogP contribution in [0.25, 0.3) is 0 Å². The quantitative estimate of drug-likeness (QED) is 0.491. The zero-order valence-electron chi connectivity index (χ0n) is 9.66. The smallest absolute Gasteiger partial charge is 0.185 e. The second kappa shape index (κ2) is 5.86. The van der Waals surface area contributed by atoms with Crippen molar-refractivity contribution in [2.45, 2.75) is 6.42 Å². The molecular formula is C11H14F4N2. The minimum Gasteiger partial charge on any atom is -0.380 e. The average molecular weight is 250 g/mol. The van der Waals surface area contributed by atoms with Crippen LogP contribution in [0.1, 0.15) is 6.42 Å². The van der Waals surface area contributed by atoms with E-state index in [2.05, 4.69) is 5.32 Å².